The van der Waals surface area contributed by atoms with E-state index < -0.39 is 0 Å². The molecule has 0 N–H and O–H groups in total. The first-order valence-electron chi connectivity index (χ1n) is 7.28. The van der Waals surface area contributed by atoms with Crippen molar-refractivity contribution in [1.29, 1.82) is 5.26 Å². The van der Waals surface area contributed by atoms with Crippen molar-refractivity contribution >= 4 is 0 Å². The standard InChI is InChI=1S/C19H18N2/c20-13-7-8-16-14-21(15-16)19(17-9-3-1-4-10-17)18-11-5-2-6-12-18/h1-12,16,19H,14-15H2. The Morgan fingerprint density at radius 3 is 1.95 bits per heavy atom. The van der Waals surface area contributed by atoms with E-state index in [9.17, 15) is 0 Å². The molecule has 2 heteroatoms. The van der Waals surface area contributed by atoms with Crippen LogP contribution in [0.15, 0.2) is 72.8 Å². The summed E-state index contributed by atoms with van der Waals surface area (Å²) in [5.41, 5.74) is 2.65. The Hall–Kier alpha value is -2.37. The first kappa shape index (κ1) is 13.6. The minimum Gasteiger partial charge on any atom is -0.291 e. The van der Waals surface area contributed by atoms with Crippen molar-refractivity contribution in [3.8, 4) is 6.07 Å². The summed E-state index contributed by atoms with van der Waals surface area (Å²) in [6.07, 6.45) is 3.62. The van der Waals surface area contributed by atoms with Gasteiger partial charge in [-0.05, 0) is 11.1 Å². The third-order valence-corrected chi connectivity index (χ3v) is 3.98. The fourth-order valence-electron chi connectivity index (χ4n) is 2.95. The highest BCUT2D eigenvalue weighted by atomic mass is 15.2. The number of allylic oxidation sites excluding steroid dienone is 1. The van der Waals surface area contributed by atoms with Gasteiger partial charge in [-0.2, -0.15) is 5.26 Å². The molecular formula is C19H18N2. The predicted molar refractivity (Wildman–Crippen MR) is 84.5 cm³/mol. The van der Waals surface area contributed by atoms with Gasteiger partial charge in [0.15, 0.2) is 0 Å². The van der Waals surface area contributed by atoms with Crippen molar-refractivity contribution in [2.24, 2.45) is 5.92 Å². The van der Waals surface area contributed by atoms with Crippen LogP contribution in [0, 0.1) is 17.2 Å². The Morgan fingerprint density at radius 2 is 1.48 bits per heavy atom. The molecule has 1 saturated heterocycles. The second-order valence-corrected chi connectivity index (χ2v) is 5.43. The molecule has 2 aromatic rings. The molecule has 0 amide bonds. The first-order chi connectivity index (χ1) is 10.4. The Balaban J connectivity index is 1.82. The van der Waals surface area contributed by atoms with E-state index in [0.29, 0.717) is 12.0 Å². The van der Waals surface area contributed by atoms with E-state index in [2.05, 4.69) is 71.6 Å². The van der Waals surface area contributed by atoms with Gasteiger partial charge in [0, 0.05) is 25.1 Å². The van der Waals surface area contributed by atoms with E-state index in [0.717, 1.165) is 13.1 Å². The molecule has 3 rings (SSSR count). The molecule has 0 aliphatic carbocycles. The molecule has 1 aliphatic heterocycles. The molecule has 0 atom stereocenters. The van der Waals surface area contributed by atoms with Crippen molar-refractivity contribution in [3.05, 3.63) is 83.9 Å². The van der Waals surface area contributed by atoms with Crippen LogP contribution >= 0.6 is 0 Å². The lowest BCUT2D eigenvalue weighted by molar-refractivity contribution is 0.0953. The quantitative estimate of drug-likeness (QED) is 0.793. The van der Waals surface area contributed by atoms with Crippen molar-refractivity contribution in [2.45, 2.75) is 6.04 Å². The zero-order valence-electron chi connectivity index (χ0n) is 11.9. The number of likely N-dealkylation sites (tertiary alicyclic amines) is 1. The first-order valence-corrected chi connectivity index (χ1v) is 7.28. The number of hydrogen-bond acceptors (Lipinski definition) is 2. The van der Waals surface area contributed by atoms with Gasteiger partial charge in [0.05, 0.1) is 12.1 Å². The molecule has 21 heavy (non-hydrogen) atoms. The van der Waals surface area contributed by atoms with E-state index in [1.165, 1.54) is 11.1 Å². The molecule has 1 heterocycles. The van der Waals surface area contributed by atoms with Gasteiger partial charge in [-0.15, -0.1) is 0 Å². The van der Waals surface area contributed by atoms with Gasteiger partial charge in [0.2, 0.25) is 0 Å². The molecule has 2 aromatic carbocycles. The fraction of sp³-hybridized carbons (Fsp3) is 0.211. The van der Waals surface area contributed by atoms with Crippen LogP contribution in [-0.2, 0) is 0 Å². The zero-order chi connectivity index (χ0) is 14.5. The maximum atomic E-state index is 8.62. The second kappa shape index (κ2) is 6.39. The van der Waals surface area contributed by atoms with E-state index in [1.54, 1.807) is 6.08 Å². The Kier molecular flexibility index (Phi) is 4.14. The van der Waals surface area contributed by atoms with Gasteiger partial charge < -0.3 is 0 Å². The van der Waals surface area contributed by atoms with Crippen LogP contribution in [0.5, 0.6) is 0 Å². The molecule has 1 aliphatic rings. The monoisotopic (exact) mass is 274 g/mol. The third kappa shape index (κ3) is 3.04. The summed E-state index contributed by atoms with van der Waals surface area (Å²) >= 11 is 0. The molecule has 0 spiro atoms. The van der Waals surface area contributed by atoms with Gasteiger partial charge in [-0.25, -0.2) is 0 Å². The highest BCUT2D eigenvalue weighted by Crippen LogP contribution is 2.34. The topological polar surface area (TPSA) is 27.0 Å². The summed E-state index contributed by atoms with van der Waals surface area (Å²) in [7, 11) is 0. The number of hydrogen-bond donors (Lipinski definition) is 0. The molecule has 0 saturated carbocycles. The maximum Gasteiger partial charge on any atom is 0.0908 e. The van der Waals surface area contributed by atoms with Crippen LogP contribution in [-0.4, -0.2) is 18.0 Å². The fourth-order valence-corrected chi connectivity index (χ4v) is 2.95. The van der Waals surface area contributed by atoms with Gasteiger partial charge in [-0.3, -0.25) is 4.90 Å². The Labute approximate surface area is 126 Å². The summed E-state index contributed by atoms with van der Waals surface area (Å²) < 4.78 is 0. The van der Waals surface area contributed by atoms with E-state index in [4.69, 9.17) is 5.26 Å². The predicted octanol–water partition coefficient (Wildman–Crippen LogP) is 3.79. The second-order valence-electron chi connectivity index (χ2n) is 5.43. The summed E-state index contributed by atoms with van der Waals surface area (Å²) in [6, 6.07) is 23.6. The summed E-state index contributed by atoms with van der Waals surface area (Å²) in [5.74, 6) is 0.500. The molecule has 104 valence electrons. The summed E-state index contributed by atoms with van der Waals surface area (Å²) in [4.78, 5) is 2.47. The summed E-state index contributed by atoms with van der Waals surface area (Å²) in [5, 5.41) is 8.62. The van der Waals surface area contributed by atoms with Crippen LogP contribution < -0.4 is 0 Å². The van der Waals surface area contributed by atoms with Crippen molar-refractivity contribution < 1.29 is 0 Å². The van der Waals surface area contributed by atoms with Crippen LogP contribution in [0.2, 0.25) is 0 Å². The largest absolute Gasteiger partial charge is 0.291 e. The van der Waals surface area contributed by atoms with E-state index in [1.807, 2.05) is 6.08 Å². The highest BCUT2D eigenvalue weighted by Gasteiger charge is 2.32. The zero-order valence-corrected chi connectivity index (χ0v) is 11.9. The van der Waals surface area contributed by atoms with Gasteiger partial charge in [-0.1, -0.05) is 66.7 Å². The van der Waals surface area contributed by atoms with E-state index >= 15 is 0 Å². The molecule has 0 radical (unpaired) electrons. The number of nitrogens with zero attached hydrogens (tertiary/aromatic N) is 2. The number of benzene rings is 2. The summed E-state index contributed by atoms with van der Waals surface area (Å²) in [6.45, 7) is 2.01. The van der Waals surface area contributed by atoms with Crippen molar-refractivity contribution in [2.75, 3.05) is 13.1 Å². The van der Waals surface area contributed by atoms with Gasteiger partial charge in [0.25, 0.3) is 0 Å². The van der Waals surface area contributed by atoms with E-state index in [-0.39, 0.29) is 0 Å². The van der Waals surface area contributed by atoms with Crippen molar-refractivity contribution in [3.63, 3.8) is 0 Å². The van der Waals surface area contributed by atoms with Crippen LogP contribution in [0.1, 0.15) is 17.2 Å². The minimum atomic E-state index is 0.305. The molecule has 0 bridgehead atoms. The third-order valence-electron chi connectivity index (χ3n) is 3.98. The van der Waals surface area contributed by atoms with Gasteiger partial charge >= 0.3 is 0 Å². The lowest BCUT2D eigenvalue weighted by Gasteiger charge is -2.43. The van der Waals surface area contributed by atoms with Gasteiger partial charge in [0.1, 0.15) is 0 Å². The Morgan fingerprint density at radius 1 is 0.952 bits per heavy atom. The van der Waals surface area contributed by atoms with Crippen LogP contribution in [0.3, 0.4) is 0 Å². The molecular weight excluding hydrogens is 256 g/mol. The van der Waals surface area contributed by atoms with Crippen molar-refractivity contribution in [1.82, 2.24) is 4.90 Å². The van der Waals surface area contributed by atoms with Crippen LogP contribution in [0.25, 0.3) is 0 Å². The van der Waals surface area contributed by atoms with Crippen LogP contribution in [0.4, 0.5) is 0 Å². The number of nitriles is 1. The molecule has 0 unspecified atom stereocenters. The smallest absolute Gasteiger partial charge is 0.0908 e. The average molecular weight is 274 g/mol. The lowest BCUT2D eigenvalue weighted by atomic mass is 9.90. The number of rotatable bonds is 4. The highest BCUT2D eigenvalue weighted by molar-refractivity contribution is 5.32. The molecule has 1 fully saturated rings. The average Bonchev–Trinajstić information content (AvgIpc) is 2.51. The lowest BCUT2D eigenvalue weighted by Crippen LogP contribution is -2.47. The maximum absolute atomic E-state index is 8.62. The SMILES string of the molecule is N#CC=CC1CN(C(c2ccccc2)c2ccccc2)C1. The normalized spacial score (nSPS) is 16.0. The molecule has 0 aromatic heterocycles. The Bertz CT molecular complexity index is 595. The molecule has 2 nitrogen and oxygen atoms in total. The minimum absolute atomic E-state index is 0.305.